The van der Waals surface area contributed by atoms with Gasteiger partial charge in [0.05, 0.1) is 19.8 Å². The number of rotatable bonds is 9. The van der Waals surface area contributed by atoms with Crippen LogP contribution in [0.4, 0.5) is 5.69 Å². The highest BCUT2D eigenvalue weighted by Gasteiger charge is 2.29. The maximum atomic E-state index is 12.6. The second-order valence-electron chi connectivity index (χ2n) is 6.89. The number of methoxy groups -OCH3 is 2. The molecule has 0 aliphatic heterocycles. The Morgan fingerprint density at radius 1 is 0.900 bits per heavy atom. The third kappa shape index (κ3) is 5.28. The Morgan fingerprint density at radius 3 is 2.23 bits per heavy atom. The van der Waals surface area contributed by atoms with E-state index in [1.54, 1.807) is 42.5 Å². The Kier molecular flexibility index (Phi) is 6.90. The number of para-hydroxylation sites is 1. The fraction of sp³-hybridized carbons (Fsp3) is 0.318. The topological polar surface area (TPSA) is 106 Å². The van der Waals surface area contributed by atoms with Gasteiger partial charge in [-0.25, -0.2) is 0 Å². The molecule has 1 aliphatic rings. The molecule has 8 nitrogen and oxygen atoms in total. The molecular weight excluding hydrogens is 386 g/mol. The average molecular weight is 411 g/mol. The average Bonchev–Trinajstić information content (AvgIpc) is 3.61. The number of nitrogens with one attached hydrogen (secondary N) is 3. The third-order valence-electron chi connectivity index (χ3n) is 4.71. The highest BCUT2D eigenvalue weighted by Crippen LogP contribution is 2.31. The van der Waals surface area contributed by atoms with Crippen LogP contribution in [0.1, 0.15) is 33.6 Å². The maximum absolute atomic E-state index is 12.6. The minimum atomic E-state index is -0.352. The summed E-state index contributed by atoms with van der Waals surface area (Å²) in [4.78, 5) is 36.4. The van der Waals surface area contributed by atoms with Crippen molar-refractivity contribution < 1.29 is 23.9 Å². The van der Waals surface area contributed by atoms with Crippen molar-refractivity contribution >= 4 is 23.4 Å². The Balaban J connectivity index is 1.53. The number of ether oxygens (including phenoxy) is 2. The van der Waals surface area contributed by atoms with Crippen molar-refractivity contribution in [1.29, 1.82) is 0 Å². The van der Waals surface area contributed by atoms with Crippen LogP contribution in [0.3, 0.4) is 0 Å². The Bertz CT molecular complexity index is 923. The van der Waals surface area contributed by atoms with E-state index in [2.05, 4.69) is 16.0 Å². The zero-order valence-electron chi connectivity index (χ0n) is 17.0. The van der Waals surface area contributed by atoms with Gasteiger partial charge in [-0.3, -0.25) is 14.4 Å². The lowest BCUT2D eigenvalue weighted by Gasteiger charge is -2.13. The van der Waals surface area contributed by atoms with Crippen LogP contribution in [-0.4, -0.2) is 45.0 Å². The van der Waals surface area contributed by atoms with Gasteiger partial charge in [0.25, 0.3) is 11.8 Å². The first-order chi connectivity index (χ1) is 14.5. The molecule has 0 saturated heterocycles. The highest BCUT2D eigenvalue weighted by molar-refractivity contribution is 6.07. The second-order valence-corrected chi connectivity index (χ2v) is 6.89. The minimum absolute atomic E-state index is 0.0528. The summed E-state index contributed by atoms with van der Waals surface area (Å²) >= 11 is 0. The van der Waals surface area contributed by atoms with Gasteiger partial charge in [0.1, 0.15) is 0 Å². The second kappa shape index (κ2) is 9.78. The molecule has 2 aromatic carbocycles. The fourth-order valence-electron chi connectivity index (χ4n) is 2.92. The molecule has 3 amide bonds. The first kappa shape index (κ1) is 21.2. The molecule has 3 N–H and O–H groups in total. The summed E-state index contributed by atoms with van der Waals surface area (Å²) < 4.78 is 10.5. The van der Waals surface area contributed by atoms with Gasteiger partial charge in [-0.1, -0.05) is 6.07 Å². The molecular formula is C22H25N3O5. The van der Waals surface area contributed by atoms with Crippen LogP contribution >= 0.6 is 0 Å². The predicted molar refractivity (Wildman–Crippen MR) is 112 cm³/mol. The number of hydrogen-bond donors (Lipinski definition) is 3. The molecule has 0 radical (unpaired) electrons. The van der Waals surface area contributed by atoms with Gasteiger partial charge >= 0.3 is 0 Å². The van der Waals surface area contributed by atoms with E-state index in [9.17, 15) is 14.4 Å². The molecule has 0 bridgehead atoms. The van der Waals surface area contributed by atoms with E-state index in [0.29, 0.717) is 41.4 Å². The van der Waals surface area contributed by atoms with Gasteiger partial charge in [-0.05, 0) is 49.2 Å². The van der Waals surface area contributed by atoms with Crippen molar-refractivity contribution in [3.05, 3.63) is 53.6 Å². The van der Waals surface area contributed by atoms with E-state index in [-0.39, 0.29) is 23.6 Å². The molecule has 0 heterocycles. The summed E-state index contributed by atoms with van der Waals surface area (Å²) in [6.45, 7) is 0.753. The van der Waals surface area contributed by atoms with E-state index >= 15 is 0 Å². The van der Waals surface area contributed by atoms with Gasteiger partial charge in [-0.15, -0.1) is 0 Å². The van der Waals surface area contributed by atoms with Gasteiger partial charge in [0, 0.05) is 30.3 Å². The van der Waals surface area contributed by atoms with Crippen molar-refractivity contribution in [2.45, 2.75) is 12.8 Å². The first-order valence-corrected chi connectivity index (χ1v) is 9.71. The largest absolute Gasteiger partial charge is 0.493 e. The van der Waals surface area contributed by atoms with Crippen molar-refractivity contribution in [2.24, 2.45) is 5.92 Å². The minimum Gasteiger partial charge on any atom is -0.493 e. The van der Waals surface area contributed by atoms with Crippen LogP contribution in [-0.2, 0) is 4.79 Å². The van der Waals surface area contributed by atoms with Crippen LogP contribution in [0.15, 0.2) is 42.5 Å². The van der Waals surface area contributed by atoms with E-state index in [0.717, 1.165) is 12.8 Å². The Morgan fingerprint density at radius 2 is 1.60 bits per heavy atom. The summed E-state index contributed by atoms with van der Waals surface area (Å²) in [6.07, 6.45) is 1.90. The quantitative estimate of drug-likeness (QED) is 0.549. The zero-order valence-corrected chi connectivity index (χ0v) is 17.0. The van der Waals surface area contributed by atoms with Crippen LogP contribution in [0, 0.1) is 5.92 Å². The van der Waals surface area contributed by atoms with E-state index < -0.39 is 0 Å². The van der Waals surface area contributed by atoms with Crippen LogP contribution < -0.4 is 25.4 Å². The predicted octanol–water partition coefficient (Wildman–Crippen LogP) is 2.21. The van der Waals surface area contributed by atoms with Crippen LogP contribution in [0.2, 0.25) is 0 Å². The number of anilines is 1. The molecule has 1 aliphatic carbocycles. The Labute approximate surface area is 174 Å². The molecule has 0 aromatic heterocycles. The monoisotopic (exact) mass is 411 g/mol. The number of amides is 3. The van der Waals surface area contributed by atoms with Gasteiger partial charge in [0.2, 0.25) is 5.91 Å². The van der Waals surface area contributed by atoms with Gasteiger partial charge < -0.3 is 25.4 Å². The summed E-state index contributed by atoms with van der Waals surface area (Å²) in [5, 5.41) is 8.33. The number of carbonyl (C=O) groups excluding carboxylic acids is 3. The number of benzene rings is 2. The molecule has 1 saturated carbocycles. The normalized spacial score (nSPS) is 12.6. The maximum Gasteiger partial charge on any atom is 0.259 e. The molecule has 158 valence electrons. The van der Waals surface area contributed by atoms with Crippen molar-refractivity contribution in [2.75, 3.05) is 32.6 Å². The number of hydrogen-bond acceptors (Lipinski definition) is 5. The lowest BCUT2D eigenvalue weighted by molar-refractivity contribution is -0.122. The summed E-state index contributed by atoms with van der Waals surface area (Å²) in [6, 6.07) is 11.6. The molecule has 0 spiro atoms. The molecule has 0 unspecified atom stereocenters. The SMILES string of the molecule is COc1cccc(C(=O)Nc2ccc(C(=O)NCCNC(=O)C3CC3)cc2)c1OC. The van der Waals surface area contributed by atoms with Crippen molar-refractivity contribution in [3.8, 4) is 11.5 Å². The third-order valence-corrected chi connectivity index (χ3v) is 4.71. The fourth-order valence-corrected chi connectivity index (χ4v) is 2.92. The standard InChI is InChI=1S/C22H25N3O5/c1-29-18-5-3-4-17(19(18)30-2)22(28)25-16-10-8-15(9-11-16)21(27)24-13-12-23-20(26)14-6-7-14/h3-5,8-11,14H,6-7,12-13H2,1-2H3,(H,23,26)(H,24,27)(H,25,28). The smallest absolute Gasteiger partial charge is 0.259 e. The lowest BCUT2D eigenvalue weighted by atomic mass is 10.1. The molecule has 30 heavy (non-hydrogen) atoms. The van der Waals surface area contributed by atoms with Crippen molar-refractivity contribution in [3.63, 3.8) is 0 Å². The molecule has 1 fully saturated rings. The highest BCUT2D eigenvalue weighted by atomic mass is 16.5. The molecule has 8 heteroatoms. The summed E-state index contributed by atoms with van der Waals surface area (Å²) in [7, 11) is 2.98. The van der Waals surface area contributed by atoms with Gasteiger partial charge in [0.15, 0.2) is 11.5 Å². The molecule has 2 aromatic rings. The van der Waals surface area contributed by atoms with Crippen LogP contribution in [0.25, 0.3) is 0 Å². The van der Waals surface area contributed by atoms with Crippen molar-refractivity contribution in [1.82, 2.24) is 10.6 Å². The van der Waals surface area contributed by atoms with E-state index in [4.69, 9.17) is 9.47 Å². The van der Waals surface area contributed by atoms with E-state index in [1.165, 1.54) is 14.2 Å². The van der Waals surface area contributed by atoms with Crippen LogP contribution in [0.5, 0.6) is 11.5 Å². The molecule has 3 rings (SSSR count). The Hall–Kier alpha value is -3.55. The van der Waals surface area contributed by atoms with E-state index in [1.807, 2.05) is 0 Å². The summed E-state index contributed by atoms with van der Waals surface area (Å²) in [5.41, 5.74) is 1.34. The first-order valence-electron chi connectivity index (χ1n) is 9.71. The molecule has 0 atom stereocenters. The number of carbonyl (C=O) groups is 3. The lowest BCUT2D eigenvalue weighted by Crippen LogP contribution is -2.35. The summed E-state index contributed by atoms with van der Waals surface area (Å²) in [5.74, 6) is 0.419. The zero-order chi connectivity index (χ0) is 21.5. The van der Waals surface area contributed by atoms with Gasteiger partial charge in [-0.2, -0.15) is 0 Å².